The molecule has 0 amide bonds. The first-order valence-electron chi connectivity index (χ1n) is 12.9. The van der Waals surface area contributed by atoms with Gasteiger partial charge in [-0.25, -0.2) is 17.9 Å². The summed E-state index contributed by atoms with van der Waals surface area (Å²) in [4.78, 5) is 6.96. The lowest BCUT2D eigenvalue weighted by atomic mass is 9.97. The number of hydrogen-bond acceptors (Lipinski definition) is 7. The van der Waals surface area contributed by atoms with E-state index in [1.807, 2.05) is 62.5 Å². The highest BCUT2D eigenvalue weighted by Gasteiger charge is 2.62. The molecule has 5 heterocycles. The van der Waals surface area contributed by atoms with Gasteiger partial charge in [0.05, 0.1) is 35.6 Å². The van der Waals surface area contributed by atoms with Crippen molar-refractivity contribution in [2.24, 2.45) is 0 Å². The Kier molecular flexibility index (Phi) is 5.81. The van der Waals surface area contributed by atoms with Gasteiger partial charge in [0.2, 0.25) is 10.0 Å². The highest BCUT2D eigenvalue weighted by Crippen LogP contribution is 2.48. The van der Waals surface area contributed by atoms with Crippen LogP contribution in [-0.2, 0) is 10.0 Å². The van der Waals surface area contributed by atoms with Gasteiger partial charge in [-0.05, 0) is 51.3 Å². The summed E-state index contributed by atoms with van der Waals surface area (Å²) in [6, 6.07) is 8.13. The summed E-state index contributed by atoms with van der Waals surface area (Å²) >= 11 is 0. The van der Waals surface area contributed by atoms with E-state index in [0.29, 0.717) is 30.9 Å². The normalized spacial score (nSPS) is 24.0. The van der Waals surface area contributed by atoms with Crippen LogP contribution in [0, 0.1) is 11.3 Å². The highest BCUT2D eigenvalue weighted by molar-refractivity contribution is 7.91. The minimum absolute atomic E-state index is 0.270. The minimum atomic E-state index is -3.42. The SMILES string of the molecule is CCOc1cc(-c2ccc(N3CCC4(CC3)CN4S(=O)(=O)C3(C)C=CC=CC3)nc2)c2c(C#N)cnn2c1. The van der Waals surface area contributed by atoms with Crippen molar-refractivity contribution < 1.29 is 13.2 Å². The zero-order valence-electron chi connectivity index (χ0n) is 21.5. The number of anilines is 1. The van der Waals surface area contributed by atoms with Crippen LogP contribution < -0.4 is 9.64 Å². The molecule has 0 saturated carbocycles. The van der Waals surface area contributed by atoms with Gasteiger partial charge in [0.15, 0.2) is 0 Å². The smallest absolute Gasteiger partial charge is 0.224 e. The Hall–Kier alpha value is -3.68. The van der Waals surface area contributed by atoms with E-state index in [1.54, 1.807) is 21.2 Å². The Labute approximate surface area is 222 Å². The lowest BCUT2D eigenvalue weighted by Gasteiger charge is -2.35. The van der Waals surface area contributed by atoms with Crippen LogP contribution in [0.15, 0.2) is 61.1 Å². The molecule has 0 aromatic carbocycles. The summed E-state index contributed by atoms with van der Waals surface area (Å²) in [7, 11) is -3.42. The summed E-state index contributed by atoms with van der Waals surface area (Å²) in [6.07, 6.45) is 14.7. The zero-order valence-corrected chi connectivity index (χ0v) is 22.4. The summed E-state index contributed by atoms with van der Waals surface area (Å²) in [5.41, 5.74) is 2.64. The predicted octanol–water partition coefficient (Wildman–Crippen LogP) is 3.93. The van der Waals surface area contributed by atoms with Crippen molar-refractivity contribution in [3.63, 3.8) is 0 Å². The first-order chi connectivity index (χ1) is 18.3. The Morgan fingerprint density at radius 2 is 2.00 bits per heavy atom. The maximum Gasteiger partial charge on any atom is 0.224 e. The van der Waals surface area contributed by atoms with E-state index in [9.17, 15) is 13.7 Å². The first-order valence-corrected chi connectivity index (χ1v) is 14.4. The van der Waals surface area contributed by atoms with Gasteiger partial charge in [-0.1, -0.05) is 24.3 Å². The topological polar surface area (TPSA) is 104 Å². The second-order valence-electron chi connectivity index (χ2n) is 10.4. The second-order valence-corrected chi connectivity index (χ2v) is 12.7. The molecule has 0 bridgehead atoms. The van der Waals surface area contributed by atoms with Crippen LogP contribution in [0.3, 0.4) is 0 Å². The highest BCUT2D eigenvalue weighted by atomic mass is 32.2. The molecule has 10 heteroatoms. The number of nitriles is 1. The number of sulfonamides is 1. The second kappa shape index (κ2) is 8.96. The lowest BCUT2D eigenvalue weighted by Crippen LogP contribution is -2.45. The van der Waals surface area contributed by atoms with Gasteiger partial charge in [0, 0.05) is 37.0 Å². The van der Waals surface area contributed by atoms with Crippen molar-refractivity contribution in [1.82, 2.24) is 18.9 Å². The molecule has 2 unspecified atom stereocenters. The molecular formula is C28H30N6O3S. The number of fused-ring (bicyclic) bond motifs is 1. The lowest BCUT2D eigenvalue weighted by molar-refractivity contribution is 0.338. The van der Waals surface area contributed by atoms with Gasteiger partial charge >= 0.3 is 0 Å². The molecule has 196 valence electrons. The molecule has 6 rings (SSSR count). The third kappa shape index (κ3) is 3.89. The Balaban J connectivity index is 1.19. The van der Waals surface area contributed by atoms with Crippen LogP contribution in [0.2, 0.25) is 0 Å². The molecular weight excluding hydrogens is 500 g/mol. The van der Waals surface area contributed by atoms with E-state index in [4.69, 9.17) is 9.72 Å². The van der Waals surface area contributed by atoms with Crippen molar-refractivity contribution in [3.8, 4) is 22.9 Å². The molecule has 1 aliphatic carbocycles. The average molecular weight is 531 g/mol. The van der Waals surface area contributed by atoms with Gasteiger partial charge < -0.3 is 9.64 Å². The average Bonchev–Trinajstić information content (AvgIpc) is 3.48. The van der Waals surface area contributed by atoms with Crippen molar-refractivity contribution >= 4 is 21.4 Å². The van der Waals surface area contributed by atoms with Crippen molar-refractivity contribution in [2.75, 3.05) is 31.1 Å². The monoisotopic (exact) mass is 530 g/mol. The molecule has 2 atom stereocenters. The number of ether oxygens (including phenoxy) is 1. The van der Waals surface area contributed by atoms with Crippen LogP contribution in [0.4, 0.5) is 5.82 Å². The predicted molar refractivity (Wildman–Crippen MR) is 145 cm³/mol. The third-order valence-corrected chi connectivity index (χ3v) is 10.6. The largest absolute Gasteiger partial charge is 0.492 e. The van der Waals surface area contributed by atoms with Gasteiger partial charge in [0.1, 0.15) is 22.4 Å². The Morgan fingerprint density at radius 1 is 1.18 bits per heavy atom. The molecule has 2 aliphatic heterocycles. The molecule has 1 spiro atoms. The van der Waals surface area contributed by atoms with Crippen molar-refractivity contribution in [2.45, 2.75) is 43.4 Å². The van der Waals surface area contributed by atoms with Crippen LogP contribution >= 0.6 is 0 Å². The number of hydrogen-bond donors (Lipinski definition) is 0. The summed E-state index contributed by atoms with van der Waals surface area (Å²) in [6.45, 7) is 6.36. The molecule has 0 N–H and O–H groups in total. The zero-order chi connectivity index (χ0) is 26.5. The van der Waals surface area contributed by atoms with Crippen LogP contribution in [0.1, 0.15) is 38.7 Å². The van der Waals surface area contributed by atoms with Crippen LogP contribution in [-0.4, -0.2) is 63.8 Å². The molecule has 2 saturated heterocycles. The third-order valence-electron chi connectivity index (χ3n) is 8.06. The van der Waals surface area contributed by atoms with Gasteiger partial charge in [-0.3, -0.25) is 0 Å². The fourth-order valence-corrected chi connectivity index (χ4v) is 7.82. The molecule has 3 aromatic rings. The Morgan fingerprint density at radius 3 is 2.66 bits per heavy atom. The standard InChI is InChI=1S/C28H30N6O3S/c1-3-37-23-15-24(26-22(16-29)18-31-33(26)19-23)21-7-8-25(30-17-21)32-13-11-28(12-14-32)20-34(28)38(35,36)27(2)9-5-4-6-10-27/h4-9,15,17-19H,3,10-14,20H2,1-2H3. The summed E-state index contributed by atoms with van der Waals surface area (Å²) in [5, 5.41) is 13.9. The molecule has 2 fully saturated rings. The molecule has 0 radical (unpaired) electrons. The maximum atomic E-state index is 13.4. The van der Waals surface area contributed by atoms with E-state index in [-0.39, 0.29) is 5.54 Å². The van der Waals surface area contributed by atoms with Gasteiger partial charge in [-0.15, -0.1) is 0 Å². The van der Waals surface area contributed by atoms with Crippen molar-refractivity contribution in [3.05, 3.63) is 66.7 Å². The first kappa shape index (κ1) is 24.6. The van der Waals surface area contributed by atoms with Crippen LogP contribution in [0.25, 0.3) is 16.6 Å². The van der Waals surface area contributed by atoms with E-state index in [0.717, 1.165) is 48.4 Å². The van der Waals surface area contributed by atoms with E-state index in [1.165, 1.54) is 0 Å². The molecule has 38 heavy (non-hydrogen) atoms. The fourth-order valence-electron chi connectivity index (χ4n) is 5.66. The van der Waals surface area contributed by atoms with E-state index in [2.05, 4.69) is 16.1 Å². The van der Waals surface area contributed by atoms with Gasteiger partial charge in [-0.2, -0.15) is 14.7 Å². The number of aromatic nitrogens is 3. The quantitative estimate of drug-likeness (QED) is 0.445. The van der Waals surface area contributed by atoms with E-state index < -0.39 is 14.8 Å². The molecule has 3 aromatic heterocycles. The number of piperidine rings is 1. The fraction of sp³-hybridized carbons (Fsp3) is 0.393. The van der Waals surface area contributed by atoms with Crippen LogP contribution in [0.5, 0.6) is 5.75 Å². The van der Waals surface area contributed by atoms with Crippen molar-refractivity contribution in [1.29, 1.82) is 5.26 Å². The molecule has 9 nitrogen and oxygen atoms in total. The summed E-state index contributed by atoms with van der Waals surface area (Å²) in [5.74, 6) is 1.53. The number of pyridine rings is 2. The summed E-state index contributed by atoms with van der Waals surface area (Å²) < 4.78 is 35.1. The Bertz CT molecular complexity index is 1590. The van der Waals surface area contributed by atoms with E-state index >= 15 is 0 Å². The minimum Gasteiger partial charge on any atom is -0.492 e. The molecule has 3 aliphatic rings. The van der Waals surface area contributed by atoms with Gasteiger partial charge in [0.25, 0.3) is 0 Å². The number of nitrogens with zero attached hydrogens (tertiary/aromatic N) is 6. The maximum absolute atomic E-state index is 13.4. The number of allylic oxidation sites excluding steroid dienone is 3. The number of rotatable bonds is 6.